The zero-order valence-electron chi connectivity index (χ0n) is 31.7. The van der Waals surface area contributed by atoms with Crippen LogP contribution in [0.15, 0.2) is 53.3 Å². The van der Waals surface area contributed by atoms with E-state index < -0.39 is 92.6 Å². The molecule has 3 N–H and O–H groups in total. The second-order valence-electron chi connectivity index (χ2n) is 15.6. The van der Waals surface area contributed by atoms with E-state index in [1.54, 1.807) is 12.1 Å². The summed E-state index contributed by atoms with van der Waals surface area (Å²) in [6.07, 6.45) is -2.61. The fraction of sp³-hybridized carbons (Fsp3) is 0.359. The maximum absolute atomic E-state index is 16.2. The molecule has 3 aromatic heterocycles. The number of hydrogen-bond donors (Lipinski definition) is 2. The molecule has 1 saturated carbocycles. The molecule has 12 nitrogen and oxygen atoms in total. The summed E-state index contributed by atoms with van der Waals surface area (Å²) in [6, 6.07) is 7.90. The molecule has 0 radical (unpaired) electrons. The molecule has 0 bridgehead atoms. The number of sulfonamides is 1. The number of aryl methyl sites for hydroxylation is 1. The molecular formula is C39H35ClF6N8O4S. The minimum absolute atomic E-state index is 0.00102. The first kappa shape index (κ1) is 40.4. The lowest BCUT2D eigenvalue weighted by molar-refractivity contribution is -0.122. The average molecular weight is 861 g/mol. The van der Waals surface area contributed by atoms with E-state index in [0.29, 0.717) is 17.2 Å². The van der Waals surface area contributed by atoms with E-state index in [-0.39, 0.29) is 62.1 Å². The molecule has 3 heterocycles. The van der Waals surface area contributed by atoms with Crippen molar-refractivity contribution in [1.82, 2.24) is 29.1 Å². The summed E-state index contributed by atoms with van der Waals surface area (Å²) in [6.45, 7) is 3.93. The highest BCUT2D eigenvalue weighted by molar-refractivity contribution is 7.92. The van der Waals surface area contributed by atoms with E-state index in [2.05, 4.69) is 14.9 Å². The first-order valence-corrected chi connectivity index (χ1v) is 20.6. The first-order valence-electron chi connectivity index (χ1n) is 18.4. The van der Waals surface area contributed by atoms with Crippen molar-refractivity contribution in [2.45, 2.75) is 63.3 Å². The number of benzene rings is 3. The van der Waals surface area contributed by atoms with Crippen molar-refractivity contribution in [2.75, 3.05) is 11.0 Å². The number of nitrogens with zero attached hydrogens (tertiary/aromatic N) is 6. The van der Waals surface area contributed by atoms with Gasteiger partial charge in [-0.05, 0) is 78.6 Å². The minimum Gasteiger partial charge on any atom is -0.368 e. The molecule has 8 rings (SSSR count). The summed E-state index contributed by atoms with van der Waals surface area (Å²) in [4.78, 5) is 33.9. The Labute approximate surface area is 337 Å². The van der Waals surface area contributed by atoms with E-state index in [1.807, 2.05) is 13.8 Å². The molecule has 3 aromatic carbocycles. The van der Waals surface area contributed by atoms with E-state index in [9.17, 15) is 30.8 Å². The Balaban J connectivity index is 1.49. The molecule has 0 spiro atoms. The number of fused-ring (bicyclic) bond motifs is 5. The zero-order valence-corrected chi connectivity index (χ0v) is 33.2. The molecule has 2 aliphatic rings. The molecule has 1 fully saturated rings. The van der Waals surface area contributed by atoms with Crippen molar-refractivity contribution in [2.24, 2.45) is 24.6 Å². The first-order chi connectivity index (χ1) is 27.7. The molecule has 4 atom stereocenters. The third-order valence-electron chi connectivity index (χ3n) is 10.8. The van der Waals surface area contributed by atoms with Crippen LogP contribution in [-0.4, -0.2) is 49.7 Å². The van der Waals surface area contributed by atoms with Crippen LogP contribution in [0.4, 0.5) is 32.2 Å². The highest BCUT2D eigenvalue weighted by Crippen LogP contribution is 2.68. The van der Waals surface area contributed by atoms with Gasteiger partial charge in [0, 0.05) is 24.6 Å². The average Bonchev–Trinajstić information content (AvgIpc) is 3.65. The second-order valence-corrected chi connectivity index (χ2v) is 17.8. The highest BCUT2D eigenvalue weighted by Gasteiger charge is 2.67. The van der Waals surface area contributed by atoms with E-state index in [4.69, 9.17) is 22.3 Å². The SMILES string of the molecule is CC(C)Cc1ccc2c(=O)n(-c3ccc(Cl)c4c(NS(C)(=O)=O)nn(C)c34)c([C@@H](Cc3cc(F)cc(F)c3)C(C(N)=O)n3nc(C(F)F)c4c3C(F)(F)[C@@H]3C[C@H]43)nc2c1. The molecule has 59 heavy (non-hydrogen) atoms. The van der Waals surface area contributed by atoms with Crippen molar-refractivity contribution < 1.29 is 39.6 Å². The lowest BCUT2D eigenvalue weighted by Crippen LogP contribution is -2.39. The maximum atomic E-state index is 16.2. The lowest BCUT2D eigenvalue weighted by Gasteiger charge is -2.30. The maximum Gasteiger partial charge on any atom is 0.293 e. The van der Waals surface area contributed by atoms with Crippen LogP contribution in [-0.2, 0) is 40.6 Å². The fourth-order valence-electron chi connectivity index (χ4n) is 8.55. The molecule has 1 amide bonds. The smallest absolute Gasteiger partial charge is 0.293 e. The lowest BCUT2D eigenvalue weighted by atomic mass is 9.89. The third kappa shape index (κ3) is 6.90. The number of primary amides is 1. The third-order valence-corrected chi connectivity index (χ3v) is 11.7. The summed E-state index contributed by atoms with van der Waals surface area (Å²) >= 11 is 6.63. The normalized spacial score (nSPS) is 18.1. The molecule has 0 saturated heterocycles. The van der Waals surface area contributed by atoms with Gasteiger partial charge in [-0.25, -0.2) is 35.6 Å². The van der Waals surface area contributed by atoms with Crippen LogP contribution in [0.25, 0.3) is 27.5 Å². The second kappa shape index (κ2) is 14.1. The van der Waals surface area contributed by atoms with Gasteiger partial charge in [0.2, 0.25) is 15.9 Å². The highest BCUT2D eigenvalue weighted by atomic mass is 35.5. The summed E-state index contributed by atoms with van der Waals surface area (Å²) in [7, 11) is -2.51. The molecular weight excluding hydrogens is 826 g/mol. The van der Waals surface area contributed by atoms with Crippen molar-refractivity contribution in [3.05, 3.63) is 109 Å². The predicted molar refractivity (Wildman–Crippen MR) is 207 cm³/mol. The van der Waals surface area contributed by atoms with Gasteiger partial charge in [-0.15, -0.1) is 0 Å². The van der Waals surface area contributed by atoms with E-state index in [1.165, 1.54) is 29.9 Å². The monoisotopic (exact) mass is 860 g/mol. The van der Waals surface area contributed by atoms with Gasteiger partial charge in [0.15, 0.2) is 5.82 Å². The van der Waals surface area contributed by atoms with Crippen molar-refractivity contribution in [1.29, 1.82) is 0 Å². The van der Waals surface area contributed by atoms with Crippen LogP contribution in [0, 0.1) is 23.5 Å². The summed E-state index contributed by atoms with van der Waals surface area (Å²) in [5.74, 6) is -11.6. The number of amides is 1. The Kier molecular flexibility index (Phi) is 9.65. The quantitative estimate of drug-likeness (QED) is 0.124. The Hall–Kier alpha value is -5.43. The molecule has 0 aliphatic heterocycles. The van der Waals surface area contributed by atoms with Crippen LogP contribution in [0.5, 0.6) is 0 Å². The number of carbonyl (C=O) groups is 1. The predicted octanol–water partition coefficient (Wildman–Crippen LogP) is 7.17. The Morgan fingerprint density at radius 3 is 2.36 bits per heavy atom. The van der Waals surface area contributed by atoms with Crippen molar-refractivity contribution in [3.8, 4) is 5.69 Å². The number of aromatic nitrogens is 6. The van der Waals surface area contributed by atoms with Crippen LogP contribution < -0.4 is 16.0 Å². The number of alkyl halides is 4. The number of nitrogens with one attached hydrogen (secondary N) is 1. The van der Waals surface area contributed by atoms with Gasteiger partial charge in [-0.1, -0.05) is 31.5 Å². The number of halogens is 7. The van der Waals surface area contributed by atoms with Crippen LogP contribution in [0.3, 0.4) is 0 Å². The number of anilines is 1. The van der Waals surface area contributed by atoms with Gasteiger partial charge >= 0.3 is 0 Å². The largest absolute Gasteiger partial charge is 0.368 e. The zero-order chi connectivity index (χ0) is 42.6. The minimum atomic E-state index is -3.94. The molecule has 2 aliphatic carbocycles. The summed E-state index contributed by atoms with van der Waals surface area (Å²) < 4.78 is 121. The Morgan fingerprint density at radius 2 is 1.73 bits per heavy atom. The van der Waals surface area contributed by atoms with Crippen LogP contribution in [0.1, 0.15) is 78.5 Å². The number of hydrogen-bond acceptors (Lipinski definition) is 7. The number of nitrogens with two attached hydrogens (primary N) is 1. The number of carbonyl (C=O) groups excluding carboxylic acids is 1. The van der Waals surface area contributed by atoms with Gasteiger partial charge in [0.05, 0.1) is 44.7 Å². The standard InChI is InChI=1S/C39H35ClF6N8O4S/c1-16(2)9-17-5-6-21-26(13-17)48-37(53(38(21)56)27-8-7-25(40)29-32(27)52(3)50-36(29)51-59(4,57)58)23(12-18-10-19(41)14-20(42)11-18)31(35(47)55)54-33-28(30(49-54)34(43)44)22-15-24(22)39(33,45)46/h5-8,10-11,13-14,16,22-24,31,34H,9,12,15H2,1-4H3,(H2,47,55)(H,50,51)/t22-,23-,24+,31?/m0/s1. The van der Waals surface area contributed by atoms with Crippen LogP contribution in [0.2, 0.25) is 5.02 Å². The number of rotatable bonds is 12. The van der Waals surface area contributed by atoms with E-state index >= 15 is 13.6 Å². The Bertz CT molecular complexity index is 2890. The van der Waals surface area contributed by atoms with Gasteiger partial charge in [-0.2, -0.15) is 19.0 Å². The van der Waals surface area contributed by atoms with Crippen molar-refractivity contribution in [3.63, 3.8) is 0 Å². The van der Waals surface area contributed by atoms with Crippen molar-refractivity contribution >= 4 is 55.2 Å². The van der Waals surface area contributed by atoms with Crippen LogP contribution >= 0.6 is 11.6 Å². The summed E-state index contributed by atoms with van der Waals surface area (Å²) in [5, 5.41) is 8.28. The fourth-order valence-corrected chi connectivity index (χ4v) is 9.28. The summed E-state index contributed by atoms with van der Waals surface area (Å²) in [5.41, 5.74) is 3.66. The molecule has 20 heteroatoms. The van der Waals surface area contributed by atoms with Gasteiger partial charge in [0.25, 0.3) is 17.9 Å². The Morgan fingerprint density at radius 1 is 1.03 bits per heavy atom. The van der Waals surface area contributed by atoms with Gasteiger partial charge in [0.1, 0.15) is 34.9 Å². The van der Waals surface area contributed by atoms with Gasteiger partial charge < -0.3 is 5.73 Å². The topological polar surface area (TPSA) is 160 Å². The molecule has 310 valence electrons. The van der Waals surface area contributed by atoms with E-state index in [0.717, 1.165) is 28.5 Å². The van der Waals surface area contributed by atoms with Gasteiger partial charge in [-0.3, -0.25) is 23.6 Å². The molecule has 1 unspecified atom stereocenters. The molecule has 6 aromatic rings.